The van der Waals surface area contributed by atoms with Crippen LogP contribution < -0.4 is 10.6 Å². The molecule has 4 rings (SSSR count). The van der Waals surface area contributed by atoms with Gasteiger partial charge in [0.05, 0.1) is 17.7 Å². The molecule has 3 atom stereocenters. The van der Waals surface area contributed by atoms with E-state index in [4.69, 9.17) is 0 Å². The zero-order valence-corrected chi connectivity index (χ0v) is 17.9. The smallest absolute Gasteiger partial charge is 0.274 e. The van der Waals surface area contributed by atoms with E-state index in [2.05, 4.69) is 10.6 Å². The van der Waals surface area contributed by atoms with Crippen LogP contribution in [0.1, 0.15) is 25.8 Å². The van der Waals surface area contributed by atoms with Crippen LogP contribution in [-0.2, 0) is 16.1 Å². The summed E-state index contributed by atoms with van der Waals surface area (Å²) >= 11 is 0. The highest BCUT2D eigenvalue weighted by Gasteiger charge is 2.52. The van der Waals surface area contributed by atoms with Gasteiger partial charge in [-0.15, -0.1) is 0 Å². The standard InChI is InChI=1S/C22H26F2N4O4/c1-3-25-15-8-13-10-27(4-2)22(32)18-20(30)19(29)16(17(15)28(13)18)21(31)26-9-11-5-6-12(23)7-14(11)24/h5-7,13,15,19,25,29-30H,3-4,8-10H2,1-2H3,(H,26,31)/t13?,15-,19?/m1/s1. The molecule has 172 valence electrons. The van der Waals surface area contributed by atoms with Gasteiger partial charge in [0.2, 0.25) is 0 Å². The highest BCUT2D eigenvalue weighted by molar-refractivity contribution is 6.00. The van der Waals surface area contributed by atoms with E-state index in [0.717, 1.165) is 12.1 Å². The first kappa shape index (κ1) is 22.2. The van der Waals surface area contributed by atoms with Crippen molar-refractivity contribution in [3.63, 3.8) is 0 Å². The van der Waals surface area contributed by atoms with Crippen molar-refractivity contribution in [2.75, 3.05) is 19.6 Å². The second-order valence-corrected chi connectivity index (χ2v) is 8.07. The van der Waals surface area contributed by atoms with Crippen LogP contribution >= 0.6 is 0 Å². The minimum absolute atomic E-state index is 0.00729. The molecule has 3 heterocycles. The average molecular weight is 448 g/mol. The number of benzene rings is 1. The second kappa shape index (κ2) is 8.51. The van der Waals surface area contributed by atoms with Crippen molar-refractivity contribution in [1.82, 2.24) is 20.4 Å². The maximum atomic E-state index is 14.0. The number of likely N-dealkylation sites (N-methyl/N-ethyl adjacent to an activating group) is 2. The van der Waals surface area contributed by atoms with E-state index >= 15 is 0 Å². The van der Waals surface area contributed by atoms with Gasteiger partial charge in [-0.2, -0.15) is 0 Å². The largest absolute Gasteiger partial charge is 0.507 e. The van der Waals surface area contributed by atoms with Crippen LogP contribution in [0.5, 0.6) is 0 Å². The Labute approximate surface area is 184 Å². The normalized spacial score (nSPS) is 24.9. The second-order valence-electron chi connectivity index (χ2n) is 8.07. The van der Waals surface area contributed by atoms with Gasteiger partial charge in [-0.05, 0) is 26.0 Å². The minimum atomic E-state index is -1.70. The average Bonchev–Trinajstić information content (AvgIpc) is 3.10. The fourth-order valence-corrected chi connectivity index (χ4v) is 4.74. The predicted octanol–water partition coefficient (Wildman–Crippen LogP) is 0.894. The van der Waals surface area contributed by atoms with Gasteiger partial charge in [-0.25, -0.2) is 8.78 Å². The van der Waals surface area contributed by atoms with Crippen LogP contribution in [0.25, 0.3) is 0 Å². The van der Waals surface area contributed by atoms with Crippen molar-refractivity contribution in [1.29, 1.82) is 0 Å². The number of piperazine rings is 1. The molecule has 3 aliphatic heterocycles. The molecule has 0 spiro atoms. The van der Waals surface area contributed by atoms with Gasteiger partial charge in [0, 0.05) is 37.0 Å². The third kappa shape index (κ3) is 3.53. The Kier molecular flexibility index (Phi) is 5.91. The molecule has 4 N–H and O–H groups in total. The number of nitrogens with zero attached hydrogens (tertiary/aromatic N) is 2. The molecule has 32 heavy (non-hydrogen) atoms. The van der Waals surface area contributed by atoms with Crippen molar-refractivity contribution in [2.45, 2.75) is 45.0 Å². The van der Waals surface area contributed by atoms with Gasteiger partial charge in [0.1, 0.15) is 23.4 Å². The first-order valence-corrected chi connectivity index (χ1v) is 10.7. The van der Waals surface area contributed by atoms with Gasteiger partial charge >= 0.3 is 0 Å². The zero-order chi connectivity index (χ0) is 23.2. The van der Waals surface area contributed by atoms with Crippen LogP contribution in [-0.4, -0.2) is 69.6 Å². The molecule has 3 aliphatic rings. The van der Waals surface area contributed by atoms with Crippen LogP contribution in [0.3, 0.4) is 0 Å². The first-order valence-electron chi connectivity index (χ1n) is 10.7. The summed E-state index contributed by atoms with van der Waals surface area (Å²) in [6, 6.07) is 2.57. The summed E-state index contributed by atoms with van der Waals surface area (Å²) in [5, 5.41) is 27.4. The summed E-state index contributed by atoms with van der Waals surface area (Å²) in [7, 11) is 0. The lowest BCUT2D eigenvalue weighted by Crippen LogP contribution is -2.55. The fraction of sp³-hybridized carbons (Fsp3) is 0.455. The lowest BCUT2D eigenvalue weighted by atomic mass is 9.95. The Balaban J connectivity index is 1.70. The first-order chi connectivity index (χ1) is 15.3. The van der Waals surface area contributed by atoms with E-state index in [-0.39, 0.29) is 35.5 Å². The Bertz CT molecular complexity index is 1030. The van der Waals surface area contributed by atoms with E-state index in [0.29, 0.717) is 31.8 Å². The van der Waals surface area contributed by atoms with Crippen LogP contribution in [0.4, 0.5) is 8.78 Å². The quantitative estimate of drug-likeness (QED) is 0.515. The number of amides is 2. The molecule has 2 amide bonds. The highest BCUT2D eigenvalue weighted by atomic mass is 19.1. The highest BCUT2D eigenvalue weighted by Crippen LogP contribution is 2.43. The molecular weight excluding hydrogens is 422 g/mol. The van der Waals surface area contributed by atoms with E-state index in [1.165, 1.54) is 6.07 Å². The summed E-state index contributed by atoms with van der Waals surface area (Å²) in [4.78, 5) is 29.3. The minimum Gasteiger partial charge on any atom is -0.507 e. The third-order valence-electron chi connectivity index (χ3n) is 6.21. The zero-order valence-electron chi connectivity index (χ0n) is 17.9. The maximum absolute atomic E-state index is 14.0. The summed E-state index contributed by atoms with van der Waals surface area (Å²) in [6.07, 6.45) is -1.12. The van der Waals surface area contributed by atoms with Gasteiger partial charge in [-0.1, -0.05) is 13.0 Å². The number of hydrogen-bond acceptors (Lipinski definition) is 6. The van der Waals surface area contributed by atoms with Crippen molar-refractivity contribution < 1.29 is 28.6 Å². The van der Waals surface area contributed by atoms with Crippen molar-refractivity contribution in [2.24, 2.45) is 0 Å². The molecule has 2 fully saturated rings. The summed E-state index contributed by atoms with van der Waals surface area (Å²) in [6.45, 7) is 5.00. The Morgan fingerprint density at radius 3 is 2.69 bits per heavy atom. The SMILES string of the molecule is CCN[C@@H]1CC2CN(CC)C(=O)C3=C(O)C(O)C(C(=O)NCc4ccc(F)cc4F)=C1N32. The molecule has 0 radical (unpaired) electrons. The van der Waals surface area contributed by atoms with Gasteiger partial charge in [0.15, 0.2) is 5.76 Å². The number of halogens is 2. The third-order valence-corrected chi connectivity index (χ3v) is 6.21. The molecular formula is C22H26F2N4O4. The fourth-order valence-electron chi connectivity index (χ4n) is 4.74. The maximum Gasteiger partial charge on any atom is 0.274 e. The number of hydrogen-bond donors (Lipinski definition) is 4. The molecule has 0 aromatic heterocycles. The molecule has 0 saturated carbocycles. The van der Waals surface area contributed by atoms with Crippen LogP contribution in [0, 0.1) is 11.6 Å². The van der Waals surface area contributed by atoms with E-state index < -0.39 is 35.3 Å². The molecule has 8 nitrogen and oxygen atoms in total. The summed E-state index contributed by atoms with van der Waals surface area (Å²) in [5.74, 6) is -3.20. The van der Waals surface area contributed by atoms with Crippen LogP contribution in [0.2, 0.25) is 0 Å². The van der Waals surface area contributed by atoms with Gasteiger partial charge < -0.3 is 30.6 Å². The van der Waals surface area contributed by atoms with Crippen molar-refractivity contribution in [3.05, 3.63) is 58.1 Å². The predicted molar refractivity (Wildman–Crippen MR) is 111 cm³/mol. The number of rotatable bonds is 6. The monoisotopic (exact) mass is 448 g/mol. The van der Waals surface area contributed by atoms with Crippen molar-refractivity contribution in [3.8, 4) is 0 Å². The Morgan fingerprint density at radius 1 is 1.28 bits per heavy atom. The Hall–Kier alpha value is -2.98. The number of carbonyl (C=O) groups is 2. The molecule has 1 aromatic rings. The molecule has 0 aliphatic carbocycles. The number of nitrogens with one attached hydrogen (secondary N) is 2. The number of aliphatic hydroxyl groups is 2. The Morgan fingerprint density at radius 2 is 2.03 bits per heavy atom. The lowest BCUT2D eigenvalue weighted by molar-refractivity contribution is -0.133. The number of carbonyl (C=O) groups excluding carboxylic acids is 2. The molecule has 2 saturated heterocycles. The molecule has 1 aromatic carbocycles. The van der Waals surface area contributed by atoms with E-state index in [1.807, 2.05) is 13.8 Å². The van der Waals surface area contributed by atoms with Gasteiger partial charge in [-0.3, -0.25) is 9.59 Å². The molecule has 2 unspecified atom stereocenters. The summed E-state index contributed by atoms with van der Waals surface area (Å²) in [5.41, 5.74) is 0.431. The lowest BCUT2D eigenvalue weighted by Gasteiger charge is -2.43. The van der Waals surface area contributed by atoms with Crippen molar-refractivity contribution >= 4 is 11.8 Å². The van der Waals surface area contributed by atoms with E-state index in [1.54, 1.807) is 9.80 Å². The molecule has 0 bridgehead atoms. The topological polar surface area (TPSA) is 105 Å². The van der Waals surface area contributed by atoms with Gasteiger partial charge in [0.25, 0.3) is 11.8 Å². The van der Waals surface area contributed by atoms with E-state index in [9.17, 15) is 28.6 Å². The summed E-state index contributed by atoms with van der Waals surface area (Å²) < 4.78 is 27.1. The van der Waals surface area contributed by atoms with Crippen LogP contribution in [0.15, 0.2) is 40.9 Å². The molecule has 10 heteroatoms. The number of aliphatic hydroxyl groups excluding tert-OH is 2.